The predicted octanol–water partition coefficient (Wildman–Crippen LogP) is 4.64. The summed E-state index contributed by atoms with van der Waals surface area (Å²) in [5.74, 6) is -0.242. The zero-order valence-electron chi connectivity index (χ0n) is 18.3. The van der Waals surface area contributed by atoms with E-state index in [1.165, 1.54) is 36.4 Å². The molecule has 11 nitrogen and oxygen atoms in total. The number of fused-ring (bicyclic) bond motifs is 2. The van der Waals surface area contributed by atoms with Gasteiger partial charge in [0.1, 0.15) is 0 Å². The Labute approximate surface area is 201 Å². The highest BCUT2D eigenvalue weighted by Crippen LogP contribution is 2.38. The van der Waals surface area contributed by atoms with Gasteiger partial charge in [0, 0.05) is 28.6 Å². The van der Waals surface area contributed by atoms with Crippen LogP contribution < -0.4 is 15.0 Å². The van der Waals surface area contributed by atoms with Crippen LogP contribution in [0, 0.1) is 20.2 Å². The fourth-order valence-corrected chi connectivity index (χ4v) is 4.02. The first-order valence-electron chi connectivity index (χ1n) is 10.5. The van der Waals surface area contributed by atoms with E-state index in [2.05, 4.69) is 4.98 Å². The van der Waals surface area contributed by atoms with Crippen molar-refractivity contribution in [3.63, 3.8) is 0 Å². The lowest BCUT2D eigenvalue weighted by Gasteiger charge is -2.11. The molecule has 0 amide bonds. The number of rotatable bonds is 6. The Morgan fingerprint density at radius 2 is 1.67 bits per heavy atom. The van der Waals surface area contributed by atoms with Gasteiger partial charge in [-0.3, -0.25) is 29.8 Å². The number of ether oxygens (including phenoxy) is 2. The fraction of sp³-hybridized carbons (Fsp3) is 0.0400. The summed E-state index contributed by atoms with van der Waals surface area (Å²) < 4.78 is 10.4. The summed E-state index contributed by atoms with van der Waals surface area (Å²) in [4.78, 5) is 50.7. The molecule has 0 unspecified atom stereocenters. The molecule has 0 atom stereocenters. The smallest absolute Gasteiger partial charge is 0.280 e. The van der Waals surface area contributed by atoms with E-state index in [-0.39, 0.29) is 46.4 Å². The molecule has 11 heteroatoms. The second kappa shape index (κ2) is 8.80. The summed E-state index contributed by atoms with van der Waals surface area (Å²) >= 11 is 0. The van der Waals surface area contributed by atoms with Gasteiger partial charge in [-0.2, -0.15) is 0 Å². The summed E-state index contributed by atoms with van der Waals surface area (Å²) in [6, 6.07) is 15.0. The fourth-order valence-electron chi connectivity index (χ4n) is 4.02. The number of pyridine rings is 1. The molecule has 0 aliphatic carbocycles. The third kappa shape index (κ3) is 3.94. The van der Waals surface area contributed by atoms with Crippen molar-refractivity contribution < 1.29 is 24.1 Å². The molecule has 0 saturated carbocycles. The van der Waals surface area contributed by atoms with E-state index >= 15 is 0 Å². The molecule has 1 aliphatic heterocycles. The molecule has 1 aliphatic rings. The molecule has 1 aromatic heterocycles. The van der Waals surface area contributed by atoms with Crippen molar-refractivity contribution in [1.29, 1.82) is 0 Å². The van der Waals surface area contributed by atoms with Gasteiger partial charge in [0.05, 0.1) is 27.0 Å². The second-order valence-corrected chi connectivity index (χ2v) is 7.78. The average Bonchev–Trinajstić information content (AvgIpc) is 3.33. The Balaban J connectivity index is 1.69. The van der Waals surface area contributed by atoms with Crippen LogP contribution in [0.1, 0.15) is 15.9 Å². The first-order valence-corrected chi connectivity index (χ1v) is 10.5. The van der Waals surface area contributed by atoms with Gasteiger partial charge in [-0.25, -0.2) is 0 Å². The number of non-ortho nitro benzene ring substituents is 1. The van der Waals surface area contributed by atoms with Crippen molar-refractivity contribution in [3.8, 4) is 22.6 Å². The van der Waals surface area contributed by atoms with Gasteiger partial charge in [-0.15, -0.1) is 0 Å². The molecule has 1 N–H and O–H groups in total. The highest BCUT2D eigenvalue weighted by Gasteiger charge is 2.24. The molecule has 178 valence electrons. The summed E-state index contributed by atoms with van der Waals surface area (Å²) in [5.41, 5.74) is -0.374. The SMILES string of the molecule is O=C(C=Cc1cc2c(cc1[N+](=O)[O-])OCO2)c1c(-c2ccccc2)c2cc([N+](=O)[O-])ccc2[nH]c1=O. The van der Waals surface area contributed by atoms with Crippen LogP contribution in [0.4, 0.5) is 11.4 Å². The van der Waals surface area contributed by atoms with Gasteiger partial charge in [0.15, 0.2) is 17.3 Å². The highest BCUT2D eigenvalue weighted by molar-refractivity contribution is 6.15. The van der Waals surface area contributed by atoms with Crippen molar-refractivity contribution >= 4 is 34.1 Å². The third-order valence-electron chi connectivity index (χ3n) is 5.65. The van der Waals surface area contributed by atoms with Gasteiger partial charge < -0.3 is 14.5 Å². The number of carbonyl (C=O) groups is 1. The van der Waals surface area contributed by atoms with E-state index in [9.17, 15) is 29.8 Å². The minimum absolute atomic E-state index is 0.0757. The Morgan fingerprint density at radius 1 is 0.944 bits per heavy atom. The Hall–Kier alpha value is -5.32. The van der Waals surface area contributed by atoms with E-state index in [4.69, 9.17) is 9.47 Å². The maximum Gasteiger partial charge on any atom is 0.280 e. The van der Waals surface area contributed by atoms with E-state index in [0.717, 1.165) is 6.08 Å². The predicted molar refractivity (Wildman–Crippen MR) is 129 cm³/mol. The van der Waals surface area contributed by atoms with Crippen LogP contribution in [-0.2, 0) is 0 Å². The number of H-pyrrole nitrogens is 1. The molecule has 3 aromatic carbocycles. The largest absolute Gasteiger partial charge is 0.454 e. The van der Waals surface area contributed by atoms with Crippen LogP contribution in [0.2, 0.25) is 0 Å². The van der Waals surface area contributed by atoms with Crippen LogP contribution in [0.25, 0.3) is 28.1 Å². The first-order chi connectivity index (χ1) is 17.3. The van der Waals surface area contributed by atoms with Crippen LogP contribution in [-0.4, -0.2) is 27.4 Å². The Bertz CT molecular complexity index is 1660. The lowest BCUT2D eigenvalue weighted by Crippen LogP contribution is -2.18. The van der Waals surface area contributed by atoms with E-state index in [1.54, 1.807) is 30.3 Å². The molecule has 36 heavy (non-hydrogen) atoms. The molecule has 0 saturated heterocycles. The number of hydrogen-bond donors (Lipinski definition) is 1. The summed E-state index contributed by atoms with van der Waals surface area (Å²) in [6.45, 7) is -0.0857. The lowest BCUT2D eigenvalue weighted by molar-refractivity contribution is -0.385. The topological polar surface area (TPSA) is 155 Å². The number of carbonyl (C=O) groups excluding carboxylic acids is 1. The number of allylic oxidation sites excluding steroid dienone is 1. The highest BCUT2D eigenvalue weighted by atomic mass is 16.7. The van der Waals surface area contributed by atoms with Crippen LogP contribution in [0.5, 0.6) is 11.5 Å². The number of aromatic nitrogens is 1. The van der Waals surface area contributed by atoms with Gasteiger partial charge in [0.25, 0.3) is 16.9 Å². The molecule has 0 bridgehead atoms. The quantitative estimate of drug-likeness (QED) is 0.179. The number of hydrogen-bond acceptors (Lipinski definition) is 8. The number of nitrogens with zero attached hydrogens (tertiary/aromatic N) is 2. The van der Waals surface area contributed by atoms with Gasteiger partial charge in [-0.05, 0) is 29.8 Å². The zero-order chi connectivity index (χ0) is 25.4. The van der Waals surface area contributed by atoms with Crippen LogP contribution in [0.15, 0.2) is 71.5 Å². The third-order valence-corrected chi connectivity index (χ3v) is 5.65. The number of aromatic amines is 1. The summed E-state index contributed by atoms with van der Waals surface area (Å²) in [6.07, 6.45) is 2.26. The maximum atomic E-state index is 13.3. The first kappa shape index (κ1) is 22.5. The average molecular weight is 485 g/mol. The van der Waals surface area contributed by atoms with Crippen molar-refractivity contribution in [2.75, 3.05) is 6.79 Å². The van der Waals surface area contributed by atoms with E-state index < -0.39 is 21.2 Å². The zero-order valence-corrected chi connectivity index (χ0v) is 18.3. The lowest BCUT2D eigenvalue weighted by atomic mass is 9.93. The monoisotopic (exact) mass is 485 g/mol. The maximum absolute atomic E-state index is 13.3. The van der Waals surface area contributed by atoms with Gasteiger partial charge in [0.2, 0.25) is 6.79 Å². The number of nitrogens with one attached hydrogen (secondary N) is 1. The van der Waals surface area contributed by atoms with Crippen molar-refractivity contribution in [1.82, 2.24) is 4.98 Å². The normalized spacial score (nSPS) is 12.2. The molecule has 2 heterocycles. The van der Waals surface area contributed by atoms with Gasteiger partial charge >= 0.3 is 0 Å². The summed E-state index contributed by atoms with van der Waals surface area (Å²) in [7, 11) is 0. The number of benzene rings is 3. The van der Waals surface area contributed by atoms with E-state index in [1.807, 2.05) is 0 Å². The number of ketones is 1. The number of nitro benzene ring substituents is 2. The number of nitro groups is 2. The van der Waals surface area contributed by atoms with Gasteiger partial charge in [-0.1, -0.05) is 30.3 Å². The molecular weight excluding hydrogens is 470 g/mol. The van der Waals surface area contributed by atoms with Crippen molar-refractivity contribution in [2.24, 2.45) is 0 Å². The molecule has 5 rings (SSSR count). The molecule has 4 aromatic rings. The minimum Gasteiger partial charge on any atom is -0.454 e. The molecule has 0 radical (unpaired) electrons. The minimum atomic E-state index is -0.740. The summed E-state index contributed by atoms with van der Waals surface area (Å²) in [5, 5.41) is 23.2. The molecule has 0 fully saturated rings. The standard InChI is InChI=1S/C25H15N3O8/c29-20(9-6-15-10-21-22(36-13-35-21)12-19(15)28(33)34)24-23(14-4-2-1-3-5-14)17-11-16(27(31)32)7-8-18(17)26-25(24)30/h1-12H,13H2,(H,26,30). The molecular formula is C25H15N3O8. The second-order valence-electron chi connectivity index (χ2n) is 7.78. The van der Waals surface area contributed by atoms with E-state index in [0.29, 0.717) is 16.5 Å². The Morgan fingerprint density at radius 3 is 2.36 bits per heavy atom. The van der Waals surface area contributed by atoms with Crippen molar-refractivity contribution in [3.05, 3.63) is 108 Å². The van der Waals surface area contributed by atoms with Crippen molar-refractivity contribution in [2.45, 2.75) is 0 Å². The molecule has 0 spiro atoms. The van der Waals surface area contributed by atoms with Crippen LogP contribution >= 0.6 is 0 Å². The Kier molecular flexibility index (Phi) is 5.49. The van der Waals surface area contributed by atoms with Crippen LogP contribution in [0.3, 0.4) is 0 Å².